The number of rotatable bonds is 9. The van der Waals surface area contributed by atoms with Crippen molar-refractivity contribution < 1.29 is 14.3 Å². The number of ether oxygens (including phenoxy) is 1. The summed E-state index contributed by atoms with van der Waals surface area (Å²) in [5.74, 6) is -0.437. The first-order valence-corrected chi connectivity index (χ1v) is 12.8. The summed E-state index contributed by atoms with van der Waals surface area (Å²) in [5, 5.41) is 7.98. The van der Waals surface area contributed by atoms with Gasteiger partial charge < -0.3 is 10.1 Å². The molecular formula is C26H23BrCl3N3O3. The van der Waals surface area contributed by atoms with E-state index in [4.69, 9.17) is 39.5 Å². The lowest BCUT2D eigenvalue weighted by molar-refractivity contribution is -0.123. The number of carbonyl (C=O) groups excluding carboxylic acids is 2. The number of hydrogen-bond donors (Lipinski definition) is 2. The van der Waals surface area contributed by atoms with Crippen molar-refractivity contribution in [2.75, 3.05) is 0 Å². The maximum absolute atomic E-state index is 12.7. The molecule has 0 spiro atoms. The molecule has 0 aliphatic heterocycles. The van der Waals surface area contributed by atoms with Gasteiger partial charge in [-0.25, -0.2) is 5.43 Å². The molecule has 0 radical (unpaired) electrons. The van der Waals surface area contributed by atoms with Crippen LogP contribution in [0.4, 0.5) is 0 Å². The van der Waals surface area contributed by atoms with Gasteiger partial charge in [-0.05, 0) is 69.9 Å². The second-order valence-electron chi connectivity index (χ2n) is 8.13. The van der Waals surface area contributed by atoms with Crippen LogP contribution in [0, 0.1) is 5.92 Å². The number of nitrogens with one attached hydrogen (secondary N) is 2. The molecule has 1 atom stereocenters. The van der Waals surface area contributed by atoms with Crippen LogP contribution in [0.1, 0.15) is 35.3 Å². The average molecular weight is 612 g/mol. The van der Waals surface area contributed by atoms with Gasteiger partial charge in [0.2, 0.25) is 0 Å². The van der Waals surface area contributed by atoms with Crippen LogP contribution < -0.4 is 15.5 Å². The molecule has 188 valence electrons. The highest BCUT2D eigenvalue weighted by Crippen LogP contribution is 2.27. The molecule has 3 aromatic carbocycles. The van der Waals surface area contributed by atoms with Crippen LogP contribution in [0.15, 0.2) is 70.2 Å². The molecule has 2 N–H and O–H groups in total. The number of hydrogen-bond acceptors (Lipinski definition) is 4. The van der Waals surface area contributed by atoms with Crippen LogP contribution in [0.3, 0.4) is 0 Å². The minimum Gasteiger partial charge on any atom is -0.488 e. The maximum atomic E-state index is 12.7. The van der Waals surface area contributed by atoms with Gasteiger partial charge >= 0.3 is 0 Å². The molecule has 0 bridgehead atoms. The standard InChI is InChI=1S/C26H23BrCl3N3O3/c1-15(2)24(32-25(34)17-8-9-21(29)22(30)12-17)26(35)33-31-13-16-7-10-23(19(27)11-16)36-14-18-5-3-4-6-20(18)28/h3-13,15,24H,14H2,1-2H3,(H,32,34)(H,33,35). The van der Waals surface area contributed by atoms with Crippen molar-refractivity contribution in [3.63, 3.8) is 0 Å². The van der Waals surface area contributed by atoms with Crippen molar-refractivity contribution in [2.24, 2.45) is 11.0 Å². The summed E-state index contributed by atoms with van der Waals surface area (Å²) in [6.07, 6.45) is 1.50. The Balaban J connectivity index is 1.59. The highest BCUT2D eigenvalue weighted by Gasteiger charge is 2.24. The third-order valence-electron chi connectivity index (χ3n) is 5.10. The third kappa shape index (κ3) is 7.71. The summed E-state index contributed by atoms with van der Waals surface area (Å²) in [5.41, 5.74) is 4.39. The maximum Gasteiger partial charge on any atom is 0.262 e. The zero-order chi connectivity index (χ0) is 26.2. The zero-order valence-electron chi connectivity index (χ0n) is 19.4. The van der Waals surface area contributed by atoms with Crippen LogP contribution in [0.25, 0.3) is 0 Å². The van der Waals surface area contributed by atoms with Gasteiger partial charge in [0.15, 0.2) is 0 Å². The minimum atomic E-state index is -0.809. The lowest BCUT2D eigenvalue weighted by Gasteiger charge is -2.20. The zero-order valence-corrected chi connectivity index (χ0v) is 23.3. The van der Waals surface area contributed by atoms with E-state index < -0.39 is 17.9 Å². The summed E-state index contributed by atoms with van der Waals surface area (Å²) in [6.45, 7) is 3.97. The van der Waals surface area contributed by atoms with E-state index in [9.17, 15) is 9.59 Å². The molecule has 1 unspecified atom stereocenters. The average Bonchev–Trinajstić information content (AvgIpc) is 2.84. The number of carbonyl (C=O) groups is 2. The highest BCUT2D eigenvalue weighted by atomic mass is 79.9. The Morgan fingerprint density at radius 3 is 2.42 bits per heavy atom. The van der Waals surface area contributed by atoms with Crippen molar-refractivity contribution in [1.29, 1.82) is 0 Å². The van der Waals surface area contributed by atoms with E-state index in [1.165, 1.54) is 24.4 Å². The predicted molar refractivity (Wildman–Crippen MR) is 148 cm³/mol. The van der Waals surface area contributed by atoms with Crippen LogP contribution in [-0.4, -0.2) is 24.1 Å². The first-order valence-electron chi connectivity index (χ1n) is 10.9. The van der Waals surface area contributed by atoms with Crippen molar-refractivity contribution in [3.05, 3.63) is 96.9 Å². The molecule has 3 rings (SSSR count). The van der Waals surface area contributed by atoms with Gasteiger partial charge in [0.05, 0.1) is 20.7 Å². The second-order valence-corrected chi connectivity index (χ2v) is 10.2. The third-order valence-corrected chi connectivity index (χ3v) is 6.83. The normalized spacial score (nSPS) is 12.0. The summed E-state index contributed by atoms with van der Waals surface area (Å²) in [4.78, 5) is 25.3. The first kappa shape index (κ1) is 28.0. The van der Waals surface area contributed by atoms with Gasteiger partial charge in [0.25, 0.3) is 11.8 Å². The van der Waals surface area contributed by atoms with E-state index in [0.717, 1.165) is 15.6 Å². The largest absolute Gasteiger partial charge is 0.488 e. The van der Waals surface area contributed by atoms with Crippen LogP contribution >= 0.6 is 50.7 Å². The molecule has 6 nitrogen and oxygen atoms in total. The molecule has 0 fully saturated rings. The van der Waals surface area contributed by atoms with Crippen molar-refractivity contribution in [2.45, 2.75) is 26.5 Å². The molecule has 0 aliphatic carbocycles. The Hall–Kier alpha value is -2.58. The molecule has 0 saturated heterocycles. The fourth-order valence-corrected chi connectivity index (χ4v) is 4.12. The lowest BCUT2D eigenvalue weighted by Crippen LogP contribution is -2.48. The fraction of sp³-hybridized carbons (Fsp3) is 0.192. The molecule has 10 heteroatoms. The fourth-order valence-electron chi connectivity index (χ4n) is 3.12. The molecule has 0 heterocycles. The Morgan fingerprint density at radius 2 is 1.75 bits per heavy atom. The van der Waals surface area contributed by atoms with Crippen molar-refractivity contribution >= 4 is 68.8 Å². The second kappa shape index (κ2) is 13.1. The van der Waals surface area contributed by atoms with Gasteiger partial charge in [-0.15, -0.1) is 0 Å². The quantitative estimate of drug-likeness (QED) is 0.204. The number of hydrazone groups is 1. The molecule has 3 aromatic rings. The lowest BCUT2D eigenvalue weighted by atomic mass is 10.0. The van der Waals surface area contributed by atoms with Gasteiger partial charge in [-0.1, -0.05) is 66.8 Å². The molecule has 0 saturated carbocycles. The van der Waals surface area contributed by atoms with Crippen molar-refractivity contribution in [3.8, 4) is 5.75 Å². The van der Waals surface area contributed by atoms with Crippen LogP contribution in [0.5, 0.6) is 5.75 Å². The molecule has 0 aromatic heterocycles. The van der Waals surface area contributed by atoms with Gasteiger partial charge in [0, 0.05) is 16.1 Å². The monoisotopic (exact) mass is 609 g/mol. The van der Waals surface area contributed by atoms with E-state index in [1.54, 1.807) is 12.1 Å². The molecular weight excluding hydrogens is 589 g/mol. The van der Waals surface area contributed by atoms with Crippen LogP contribution in [0.2, 0.25) is 15.1 Å². The number of halogens is 4. The van der Waals surface area contributed by atoms with Crippen LogP contribution in [-0.2, 0) is 11.4 Å². The van der Waals surface area contributed by atoms with Crippen molar-refractivity contribution in [1.82, 2.24) is 10.7 Å². The van der Waals surface area contributed by atoms with E-state index in [1.807, 2.05) is 44.2 Å². The van der Waals surface area contributed by atoms with E-state index in [0.29, 0.717) is 28.0 Å². The first-order chi connectivity index (χ1) is 17.2. The summed E-state index contributed by atoms with van der Waals surface area (Å²) < 4.78 is 6.57. The summed E-state index contributed by atoms with van der Waals surface area (Å²) >= 11 is 21.6. The van der Waals surface area contributed by atoms with E-state index in [2.05, 4.69) is 31.8 Å². The van der Waals surface area contributed by atoms with E-state index >= 15 is 0 Å². The minimum absolute atomic E-state index is 0.185. The summed E-state index contributed by atoms with van der Waals surface area (Å²) in [7, 11) is 0. The Morgan fingerprint density at radius 1 is 1.00 bits per heavy atom. The van der Waals surface area contributed by atoms with E-state index in [-0.39, 0.29) is 10.9 Å². The molecule has 0 aliphatic rings. The topological polar surface area (TPSA) is 79.8 Å². The van der Waals surface area contributed by atoms with Gasteiger partial charge in [-0.3, -0.25) is 9.59 Å². The number of amides is 2. The summed E-state index contributed by atoms with van der Waals surface area (Å²) in [6, 6.07) is 16.6. The predicted octanol–water partition coefficient (Wildman–Crippen LogP) is 6.89. The molecule has 2 amide bonds. The Bertz CT molecular complexity index is 1280. The SMILES string of the molecule is CC(C)C(NC(=O)c1ccc(Cl)c(Cl)c1)C(=O)NN=Cc1ccc(OCc2ccccc2Cl)c(Br)c1. The highest BCUT2D eigenvalue weighted by molar-refractivity contribution is 9.10. The Kier molecular flexibility index (Phi) is 10.2. The molecule has 36 heavy (non-hydrogen) atoms. The smallest absolute Gasteiger partial charge is 0.262 e. The van der Waals surface area contributed by atoms with Gasteiger partial charge in [-0.2, -0.15) is 5.10 Å². The van der Waals surface area contributed by atoms with Gasteiger partial charge in [0.1, 0.15) is 18.4 Å². The number of benzene rings is 3. The Labute approximate surface area is 233 Å². The number of nitrogens with zero attached hydrogens (tertiary/aromatic N) is 1.